The molecule has 2 fully saturated rings. The largest absolute Gasteiger partial charge is 0.390 e. The molecule has 0 saturated carbocycles. The number of piperidine rings is 1. The van der Waals surface area contributed by atoms with Crippen molar-refractivity contribution in [3.8, 4) is 0 Å². The zero-order valence-corrected chi connectivity index (χ0v) is 13.7. The SMILES string of the molecule is CS(=O)(=O)N1CCC[C@@]12CCN(Cc1cscn1)C[C@@H]2O. The standard InChI is InChI=1S/C13H21N3O3S2/c1-21(18,19)16-5-2-3-13(16)4-6-15(8-12(13)17)7-11-9-20-10-14-11/h9-10,12,17H,2-8H2,1H3/t12-,13-/m0/s1. The maximum atomic E-state index is 12.0. The Balaban J connectivity index is 1.73. The molecule has 2 aliphatic rings. The lowest BCUT2D eigenvalue weighted by molar-refractivity contribution is -0.0382. The van der Waals surface area contributed by atoms with Crippen molar-refractivity contribution in [3.63, 3.8) is 0 Å². The minimum atomic E-state index is -3.27. The van der Waals surface area contributed by atoms with E-state index in [1.54, 1.807) is 16.8 Å². The first kappa shape index (κ1) is 15.4. The zero-order valence-electron chi connectivity index (χ0n) is 12.1. The Morgan fingerprint density at radius 3 is 2.90 bits per heavy atom. The van der Waals surface area contributed by atoms with Crippen LogP contribution in [0, 0.1) is 0 Å². The van der Waals surface area contributed by atoms with Gasteiger partial charge in [-0.15, -0.1) is 11.3 Å². The van der Waals surface area contributed by atoms with E-state index in [-0.39, 0.29) is 0 Å². The zero-order chi connectivity index (χ0) is 15.1. The van der Waals surface area contributed by atoms with E-state index in [9.17, 15) is 13.5 Å². The van der Waals surface area contributed by atoms with Crippen LogP contribution in [-0.4, -0.2) is 65.2 Å². The molecule has 118 valence electrons. The van der Waals surface area contributed by atoms with Gasteiger partial charge in [-0.25, -0.2) is 13.4 Å². The van der Waals surface area contributed by atoms with Crippen molar-refractivity contribution in [3.05, 3.63) is 16.6 Å². The van der Waals surface area contributed by atoms with Crippen LogP contribution in [0.4, 0.5) is 0 Å². The summed E-state index contributed by atoms with van der Waals surface area (Å²) in [5.74, 6) is 0. The van der Waals surface area contributed by atoms with Crippen LogP contribution in [0.3, 0.4) is 0 Å². The van der Waals surface area contributed by atoms with Crippen molar-refractivity contribution in [2.45, 2.75) is 37.5 Å². The molecule has 2 aliphatic heterocycles. The molecule has 1 aromatic heterocycles. The molecular formula is C13H21N3O3S2. The van der Waals surface area contributed by atoms with E-state index in [0.29, 0.717) is 19.5 Å². The average Bonchev–Trinajstić information content (AvgIpc) is 3.03. The second-order valence-electron chi connectivity index (χ2n) is 6.02. The quantitative estimate of drug-likeness (QED) is 0.873. The number of aromatic nitrogens is 1. The molecule has 0 bridgehead atoms. The summed E-state index contributed by atoms with van der Waals surface area (Å²) in [7, 11) is -3.27. The molecule has 1 spiro atoms. The Bertz CT molecular complexity index is 590. The number of sulfonamides is 1. The summed E-state index contributed by atoms with van der Waals surface area (Å²) in [6.45, 7) is 2.54. The van der Waals surface area contributed by atoms with E-state index in [1.165, 1.54) is 10.6 Å². The summed E-state index contributed by atoms with van der Waals surface area (Å²) in [5.41, 5.74) is 2.22. The molecule has 8 heteroatoms. The number of likely N-dealkylation sites (tertiary alicyclic amines) is 1. The monoisotopic (exact) mass is 331 g/mol. The third-order valence-corrected chi connectivity index (χ3v) is 6.63. The topological polar surface area (TPSA) is 73.7 Å². The van der Waals surface area contributed by atoms with Crippen LogP contribution in [0.1, 0.15) is 25.0 Å². The van der Waals surface area contributed by atoms with Crippen molar-refractivity contribution in [1.82, 2.24) is 14.2 Å². The molecule has 21 heavy (non-hydrogen) atoms. The first-order chi connectivity index (χ1) is 9.92. The predicted octanol–water partition coefficient (Wildman–Crippen LogP) is 0.504. The van der Waals surface area contributed by atoms with E-state index in [0.717, 1.165) is 31.6 Å². The average molecular weight is 331 g/mol. The summed E-state index contributed by atoms with van der Waals surface area (Å²) in [5, 5.41) is 12.6. The Kier molecular flexibility index (Phi) is 4.08. The number of β-amino-alcohol motifs (C(OH)–C–C–N with tert-alkyl or cyclic N) is 1. The Labute approximate surface area is 129 Å². The van der Waals surface area contributed by atoms with Crippen molar-refractivity contribution in [2.75, 3.05) is 25.9 Å². The molecular weight excluding hydrogens is 310 g/mol. The second kappa shape index (κ2) is 5.58. The van der Waals surface area contributed by atoms with Gasteiger partial charge in [-0.1, -0.05) is 0 Å². The van der Waals surface area contributed by atoms with Crippen LogP contribution in [-0.2, 0) is 16.6 Å². The van der Waals surface area contributed by atoms with E-state index in [2.05, 4.69) is 9.88 Å². The van der Waals surface area contributed by atoms with Crippen molar-refractivity contribution >= 4 is 21.4 Å². The molecule has 2 saturated heterocycles. The lowest BCUT2D eigenvalue weighted by Crippen LogP contribution is -2.62. The number of nitrogens with zero attached hydrogens (tertiary/aromatic N) is 3. The fourth-order valence-electron chi connectivity index (χ4n) is 3.67. The molecule has 0 radical (unpaired) electrons. The summed E-state index contributed by atoms with van der Waals surface area (Å²) < 4.78 is 25.5. The van der Waals surface area contributed by atoms with Crippen molar-refractivity contribution in [1.29, 1.82) is 0 Å². The maximum Gasteiger partial charge on any atom is 0.211 e. The van der Waals surface area contributed by atoms with Crippen LogP contribution in [0.2, 0.25) is 0 Å². The molecule has 1 N–H and O–H groups in total. The van der Waals surface area contributed by atoms with Crippen LogP contribution >= 0.6 is 11.3 Å². The van der Waals surface area contributed by atoms with Crippen LogP contribution in [0.5, 0.6) is 0 Å². The highest BCUT2D eigenvalue weighted by Gasteiger charge is 2.52. The highest BCUT2D eigenvalue weighted by atomic mass is 32.2. The number of hydrogen-bond donors (Lipinski definition) is 1. The highest BCUT2D eigenvalue weighted by Crippen LogP contribution is 2.40. The van der Waals surface area contributed by atoms with Gasteiger partial charge in [-0.05, 0) is 19.3 Å². The molecule has 3 rings (SSSR count). The number of aliphatic hydroxyl groups excluding tert-OH is 1. The number of rotatable bonds is 3. The van der Waals surface area contributed by atoms with Gasteiger partial charge in [0.15, 0.2) is 0 Å². The highest BCUT2D eigenvalue weighted by molar-refractivity contribution is 7.88. The molecule has 0 unspecified atom stereocenters. The van der Waals surface area contributed by atoms with E-state index in [1.807, 2.05) is 5.38 Å². The lowest BCUT2D eigenvalue weighted by atomic mass is 9.83. The first-order valence-corrected chi connectivity index (χ1v) is 9.96. The van der Waals surface area contributed by atoms with Crippen LogP contribution in [0.25, 0.3) is 0 Å². The fraction of sp³-hybridized carbons (Fsp3) is 0.769. The first-order valence-electron chi connectivity index (χ1n) is 7.17. The smallest absolute Gasteiger partial charge is 0.211 e. The van der Waals surface area contributed by atoms with Crippen LogP contribution < -0.4 is 0 Å². The number of hydrogen-bond acceptors (Lipinski definition) is 6. The molecule has 0 amide bonds. The van der Waals surface area contributed by atoms with Gasteiger partial charge in [0.2, 0.25) is 10.0 Å². The molecule has 0 aromatic carbocycles. The number of thiazole rings is 1. The Morgan fingerprint density at radius 2 is 2.29 bits per heavy atom. The van der Waals surface area contributed by atoms with Gasteiger partial charge < -0.3 is 5.11 Å². The predicted molar refractivity (Wildman–Crippen MR) is 81.5 cm³/mol. The van der Waals surface area contributed by atoms with E-state index in [4.69, 9.17) is 0 Å². The minimum Gasteiger partial charge on any atom is -0.390 e. The normalized spacial score (nSPS) is 32.0. The summed E-state index contributed by atoms with van der Waals surface area (Å²) in [4.78, 5) is 6.42. The third-order valence-electron chi connectivity index (χ3n) is 4.65. The van der Waals surface area contributed by atoms with Crippen molar-refractivity contribution in [2.24, 2.45) is 0 Å². The summed E-state index contributed by atoms with van der Waals surface area (Å²) in [6.07, 6.45) is 2.88. The van der Waals surface area contributed by atoms with Gasteiger partial charge in [0.25, 0.3) is 0 Å². The van der Waals surface area contributed by atoms with Gasteiger partial charge in [-0.2, -0.15) is 4.31 Å². The summed E-state index contributed by atoms with van der Waals surface area (Å²) >= 11 is 1.56. The van der Waals surface area contributed by atoms with Crippen LogP contribution in [0.15, 0.2) is 10.9 Å². The molecule has 3 heterocycles. The van der Waals surface area contributed by atoms with Gasteiger partial charge in [0.05, 0.1) is 29.1 Å². The maximum absolute atomic E-state index is 12.0. The number of aliphatic hydroxyl groups is 1. The fourth-order valence-corrected chi connectivity index (χ4v) is 5.64. The Morgan fingerprint density at radius 1 is 1.48 bits per heavy atom. The second-order valence-corrected chi connectivity index (χ2v) is 8.65. The van der Waals surface area contributed by atoms with E-state index < -0.39 is 21.7 Å². The minimum absolute atomic E-state index is 0.504. The molecule has 1 aromatic rings. The summed E-state index contributed by atoms with van der Waals surface area (Å²) in [6, 6.07) is 0. The van der Waals surface area contributed by atoms with Gasteiger partial charge >= 0.3 is 0 Å². The van der Waals surface area contributed by atoms with E-state index >= 15 is 0 Å². The van der Waals surface area contributed by atoms with Gasteiger partial charge in [0, 0.05) is 31.6 Å². The van der Waals surface area contributed by atoms with Gasteiger partial charge in [0.1, 0.15) is 0 Å². The molecule has 6 nitrogen and oxygen atoms in total. The third kappa shape index (κ3) is 2.87. The molecule has 0 aliphatic carbocycles. The lowest BCUT2D eigenvalue weighted by Gasteiger charge is -2.47. The van der Waals surface area contributed by atoms with Gasteiger partial charge in [-0.3, -0.25) is 4.90 Å². The van der Waals surface area contributed by atoms with Crippen molar-refractivity contribution < 1.29 is 13.5 Å². The Hall–Kier alpha value is -0.540. The molecule has 2 atom stereocenters.